The van der Waals surface area contributed by atoms with E-state index in [1.807, 2.05) is 49.4 Å². The zero-order chi connectivity index (χ0) is 21.0. The van der Waals surface area contributed by atoms with E-state index in [0.29, 0.717) is 16.4 Å². The van der Waals surface area contributed by atoms with E-state index in [9.17, 15) is 9.59 Å². The molecule has 0 radical (unpaired) electrons. The van der Waals surface area contributed by atoms with Gasteiger partial charge in [0, 0.05) is 3.57 Å². The number of rotatable bonds is 7. The van der Waals surface area contributed by atoms with Crippen molar-refractivity contribution in [3.63, 3.8) is 0 Å². The lowest BCUT2D eigenvalue weighted by atomic mass is 10.1. The summed E-state index contributed by atoms with van der Waals surface area (Å²) in [7, 11) is 1.58. The lowest BCUT2D eigenvalue weighted by molar-refractivity contribution is -0.123. The van der Waals surface area contributed by atoms with Crippen LogP contribution in [0.25, 0.3) is 6.08 Å². The fraction of sp³-hybridized carbons (Fsp3) is 0.273. The summed E-state index contributed by atoms with van der Waals surface area (Å²) in [5, 5.41) is -0.261. The fourth-order valence-corrected chi connectivity index (χ4v) is 3.93. The van der Waals surface area contributed by atoms with Crippen molar-refractivity contribution in [3.8, 4) is 11.5 Å². The standard InChI is InChI=1S/C22H22INO4S/c1-4-14(2)28-18-10-7-16(11-19(18)27-3)12-20-21(25)24(22(26)29-20)13-15-5-8-17(23)9-6-15/h5-12,14H,4,13H2,1-3H3/b20-12-/t14-/m0/s1. The van der Waals surface area contributed by atoms with E-state index in [2.05, 4.69) is 29.5 Å². The van der Waals surface area contributed by atoms with Crippen LogP contribution in [0.5, 0.6) is 11.5 Å². The van der Waals surface area contributed by atoms with Crippen LogP contribution in [0.15, 0.2) is 47.4 Å². The minimum atomic E-state index is -0.280. The van der Waals surface area contributed by atoms with Gasteiger partial charge in [0.1, 0.15) is 0 Å². The van der Waals surface area contributed by atoms with Crippen LogP contribution in [-0.4, -0.2) is 29.3 Å². The summed E-state index contributed by atoms with van der Waals surface area (Å²) in [6, 6.07) is 13.3. The maximum Gasteiger partial charge on any atom is 0.293 e. The molecule has 5 nitrogen and oxygen atoms in total. The van der Waals surface area contributed by atoms with Crippen molar-refractivity contribution in [1.29, 1.82) is 0 Å². The summed E-state index contributed by atoms with van der Waals surface area (Å²) in [6.07, 6.45) is 2.68. The summed E-state index contributed by atoms with van der Waals surface area (Å²) in [5.41, 5.74) is 1.69. The predicted molar refractivity (Wildman–Crippen MR) is 124 cm³/mol. The minimum absolute atomic E-state index is 0.0764. The smallest absolute Gasteiger partial charge is 0.293 e. The van der Waals surface area contributed by atoms with Crippen LogP contribution in [0.3, 0.4) is 0 Å². The zero-order valence-electron chi connectivity index (χ0n) is 16.5. The number of amides is 2. The van der Waals surface area contributed by atoms with Gasteiger partial charge >= 0.3 is 0 Å². The van der Waals surface area contributed by atoms with Gasteiger partial charge in [-0.3, -0.25) is 14.5 Å². The highest BCUT2D eigenvalue weighted by Crippen LogP contribution is 2.35. The Morgan fingerprint density at radius 1 is 1.14 bits per heavy atom. The molecule has 29 heavy (non-hydrogen) atoms. The fourth-order valence-electron chi connectivity index (χ4n) is 2.73. The number of benzene rings is 2. The molecule has 0 N–H and O–H groups in total. The number of hydrogen-bond donors (Lipinski definition) is 0. The number of nitrogens with zero attached hydrogens (tertiary/aromatic N) is 1. The van der Waals surface area contributed by atoms with Crippen LogP contribution in [0.4, 0.5) is 4.79 Å². The second-order valence-electron chi connectivity index (χ2n) is 6.64. The molecule has 0 bridgehead atoms. The van der Waals surface area contributed by atoms with Gasteiger partial charge in [0.15, 0.2) is 11.5 Å². The summed E-state index contributed by atoms with van der Waals surface area (Å²) in [6.45, 7) is 4.32. The molecule has 2 amide bonds. The van der Waals surface area contributed by atoms with E-state index < -0.39 is 0 Å². The number of carbonyl (C=O) groups excluding carboxylic acids is 2. The Bertz CT molecular complexity index is 942. The van der Waals surface area contributed by atoms with Crippen molar-refractivity contribution < 1.29 is 19.1 Å². The number of halogens is 1. The lowest BCUT2D eigenvalue weighted by Gasteiger charge is -2.15. The third-order valence-electron chi connectivity index (χ3n) is 4.52. The molecule has 1 heterocycles. The van der Waals surface area contributed by atoms with Gasteiger partial charge in [-0.1, -0.05) is 25.1 Å². The molecule has 1 atom stereocenters. The molecule has 1 fully saturated rings. The van der Waals surface area contributed by atoms with Crippen LogP contribution < -0.4 is 9.47 Å². The second-order valence-corrected chi connectivity index (χ2v) is 8.88. The number of carbonyl (C=O) groups is 2. The Balaban J connectivity index is 1.79. The molecule has 0 aromatic heterocycles. The van der Waals surface area contributed by atoms with E-state index in [4.69, 9.17) is 9.47 Å². The highest BCUT2D eigenvalue weighted by Gasteiger charge is 2.35. The monoisotopic (exact) mass is 523 g/mol. The minimum Gasteiger partial charge on any atom is -0.493 e. The first-order valence-corrected chi connectivity index (χ1v) is 11.1. The molecule has 0 saturated carbocycles. The highest BCUT2D eigenvalue weighted by molar-refractivity contribution is 14.1. The number of imide groups is 1. The number of thioether (sulfide) groups is 1. The first kappa shape index (κ1) is 21.7. The Morgan fingerprint density at radius 2 is 1.86 bits per heavy atom. The average molecular weight is 523 g/mol. The molecule has 152 valence electrons. The van der Waals surface area contributed by atoms with Crippen molar-refractivity contribution in [2.45, 2.75) is 32.9 Å². The SMILES string of the molecule is CC[C@H](C)Oc1ccc(/C=C2\SC(=O)N(Cc3ccc(I)cc3)C2=O)cc1OC. The summed E-state index contributed by atoms with van der Waals surface area (Å²) >= 11 is 3.18. The highest BCUT2D eigenvalue weighted by atomic mass is 127. The van der Waals surface area contributed by atoms with Gasteiger partial charge in [-0.2, -0.15) is 0 Å². The summed E-state index contributed by atoms with van der Waals surface area (Å²) in [5.74, 6) is 0.973. The van der Waals surface area contributed by atoms with Gasteiger partial charge in [-0.15, -0.1) is 0 Å². The van der Waals surface area contributed by atoms with Gasteiger partial charge in [0.25, 0.3) is 11.1 Å². The maximum absolute atomic E-state index is 12.8. The van der Waals surface area contributed by atoms with Gasteiger partial charge < -0.3 is 9.47 Å². The van der Waals surface area contributed by atoms with Crippen molar-refractivity contribution in [1.82, 2.24) is 4.90 Å². The average Bonchev–Trinajstić information content (AvgIpc) is 2.97. The summed E-state index contributed by atoms with van der Waals surface area (Å²) in [4.78, 5) is 26.8. The Hall–Kier alpha value is -2.00. The summed E-state index contributed by atoms with van der Waals surface area (Å²) < 4.78 is 12.4. The second kappa shape index (κ2) is 9.67. The van der Waals surface area contributed by atoms with Crippen LogP contribution in [0.2, 0.25) is 0 Å². The maximum atomic E-state index is 12.8. The predicted octanol–water partition coefficient (Wildman–Crippen LogP) is 5.71. The van der Waals surface area contributed by atoms with Crippen molar-refractivity contribution in [3.05, 3.63) is 62.1 Å². The third kappa shape index (κ3) is 5.33. The molecule has 1 aliphatic heterocycles. The quantitative estimate of drug-likeness (QED) is 0.344. The Kier molecular flexibility index (Phi) is 7.23. The topological polar surface area (TPSA) is 55.8 Å². The van der Waals surface area contributed by atoms with Gasteiger partial charge in [-0.25, -0.2) is 0 Å². The molecule has 0 aliphatic carbocycles. The van der Waals surface area contributed by atoms with Gasteiger partial charge in [-0.05, 0) is 89.2 Å². The van der Waals surface area contributed by atoms with E-state index >= 15 is 0 Å². The Morgan fingerprint density at radius 3 is 2.52 bits per heavy atom. The molecule has 2 aromatic carbocycles. The molecule has 0 spiro atoms. The molecular formula is C22H22INO4S. The molecule has 7 heteroatoms. The zero-order valence-corrected chi connectivity index (χ0v) is 19.5. The van der Waals surface area contributed by atoms with Crippen molar-refractivity contribution in [2.75, 3.05) is 7.11 Å². The van der Waals surface area contributed by atoms with Crippen LogP contribution in [0.1, 0.15) is 31.4 Å². The van der Waals surface area contributed by atoms with Gasteiger partial charge in [0.2, 0.25) is 0 Å². The molecule has 1 aliphatic rings. The molecule has 1 saturated heterocycles. The third-order valence-corrected chi connectivity index (χ3v) is 6.14. The first-order valence-electron chi connectivity index (χ1n) is 9.25. The van der Waals surface area contributed by atoms with Gasteiger partial charge in [0.05, 0.1) is 24.7 Å². The molecule has 3 rings (SSSR count). The molecule has 0 unspecified atom stereocenters. The normalized spacial score (nSPS) is 16.4. The van der Waals surface area contributed by atoms with E-state index in [1.54, 1.807) is 13.2 Å². The van der Waals surface area contributed by atoms with Crippen molar-refractivity contribution >= 4 is 51.6 Å². The Labute approximate surface area is 188 Å². The molecule has 2 aromatic rings. The number of methoxy groups -OCH3 is 1. The van der Waals surface area contributed by atoms with Crippen LogP contribution in [0, 0.1) is 3.57 Å². The lowest BCUT2D eigenvalue weighted by Crippen LogP contribution is -2.27. The van der Waals surface area contributed by atoms with E-state index in [0.717, 1.165) is 32.9 Å². The molecular weight excluding hydrogens is 501 g/mol. The van der Waals surface area contributed by atoms with E-state index in [1.165, 1.54) is 4.90 Å². The number of hydrogen-bond acceptors (Lipinski definition) is 5. The number of ether oxygens (including phenoxy) is 2. The van der Waals surface area contributed by atoms with E-state index in [-0.39, 0.29) is 23.8 Å². The van der Waals surface area contributed by atoms with Crippen molar-refractivity contribution in [2.24, 2.45) is 0 Å². The largest absolute Gasteiger partial charge is 0.493 e. The first-order chi connectivity index (χ1) is 13.9. The van der Waals surface area contributed by atoms with Crippen LogP contribution in [-0.2, 0) is 11.3 Å². The van der Waals surface area contributed by atoms with Crippen LogP contribution >= 0.6 is 34.4 Å².